The summed E-state index contributed by atoms with van der Waals surface area (Å²) < 4.78 is 0. The monoisotopic (exact) mass is 259 g/mol. The largest absolute Gasteiger partial charge is 0.370 e. The van der Waals surface area contributed by atoms with Crippen LogP contribution in [0, 0.1) is 5.41 Å². The maximum absolute atomic E-state index is 11.6. The molecule has 1 fully saturated rings. The molecule has 0 aromatic rings. The molecule has 2 amide bonds. The van der Waals surface area contributed by atoms with Crippen molar-refractivity contribution in [3.8, 4) is 0 Å². The van der Waals surface area contributed by atoms with E-state index in [2.05, 4.69) is 28.6 Å². The van der Waals surface area contributed by atoms with Gasteiger partial charge >= 0.3 is 0 Å². The van der Waals surface area contributed by atoms with Gasteiger partial charge in [0.1, 0.15) is 12.1 Å². The van der Waals surface area contributed by atoms with E-state index in [1.165, 1.54) is 0 Å². The number of carbonyl (C=O) groups is 2. The fraction of sp³-hybridized carbons (Fsp3) is 0.667. The molecule has 0 spiro atoms. The van der Waals surface area contributed by atoms with Gasteiger partial charge in [-0.15, -0.1) is 0 Å². The Morgan fingerprint density at radius 1 is 1.35 bits per heavy atom. The molecule has 1 aliphatic rings. The highest BCUT2D eigenvalue weighted by Crippen LogP contribution is 2.04. The van der Waals surface area contributed by atoms with Gasteiger partial charge in [-0.1, -0.05) is 0 Å². The Morgan fingerprint density at radius 2 is 1.94 bits per heavy atom. The van der Waals surface area contributed by atoms with Gasteiger partial charge < -0.3 is 21.7 Å². The highest BCUT2D eigenvalue weighted by molar-refractivity contribution is 7.80. The van der Waals surface area contributed by atoms with Gasteiger partial charge in [-0.05, 0) is 12.8 Å². The molecule has 1 heterocycles. The second kappa shape index (κ2) is 6.33. The Labute approximate surface area is 105 Å². The van der Waals surface area contributed by atoms with Gasteiger partial charge in [0.25, 0.3) is 0 Å². The van der Waals surface area contributed by atoms with Crippen LogP contribution < -0.4 is 21.7 Å². The molecule has 1 aliphatic heterocycles. The Hall–Kier alpha value is -1.44. The lowest BCUT2D eigenvalue weighted by Gasteiger charge is -2.28. The zero-order chi connectivity index (χ0) is 12.8. The van der Waals surface area contributed by atoms with Gasteiger partial charge in [0.2, 0.25) is 11.8 Å². The molecule has 1 saturated heterocycles. The average Bonchev–Trinajstić information content (AvgIpc) is 2.28. The number of carbonyl (C=O) groups excluding carboxylic acids is 2. The second-order valence-electron chi connectivity index (χ2n) is 3.79. The van der Waals surface area contributed by atoms with Crippen molar-refractivity contribution in [3.63, 3.8) is 0 Å². The molecule has 0 bridgehead atoms. The molecule has 7 nitrogen and oxygen atoms in total. The summed E-state index contributed by atoms with van der Waals surface area (Å²) in [4.78, 5) is 23.1. The Bertz CT molecular complexity index is 323. The minimum atomic E-state index is -0.544. The van der Waals surface area contributed by atoms with Crippen molar-refractivity contribution < 1.29 is 9.59 Å². The van der Waals surface area contributed by atoms with Gasteiger partial charge in [0.15, 0.2) is 5.96 Å². The van der Waals surface area contributed by atoms with E-state index in [0.29, 0.717) is 19.4 Å². The molecule has 1 unspecified atom stereocenters. The van der Waals surface area contributed by atoms with E-state index < -0.39 is 12.1 Å². The van der Waals surface area contributed by atoms with Crippen LogP contribution in [0.2, 0.25) is 0 Å². The van der Waals surface area contributed by atoms with Crippen molar-refractivity contribution in [1.82, 2.24) is 16.0 Å². The van der Waals surface area contributed by atoms with Crippen LogP contribution in [0.15, 0.2) is 0 Å². The summed E-state index contributed by atoms with van der Waals surface area (Å²) in [6.07, 6.45) is 1.15. The Morgan fingerprint density at radius 3 is 2.53 bits per heavy atom. The SMILES string of the molecule is N=C(N)NCCCC1NC(=O)[C@H](CS)NC1=O. The molecule has 2 atom stereocenters. The van der Waals surface area contributed by atoms with Crippen LogP contribution >= 0.6 is 12.6 Å². The van der Waals surface area contributed by atoms with Crippen molar-refractivity contribution in [2.45, 2.75) is 24.9 Å². The van der Waals surface area contributed by atoms with E-state index in [-0.39, 0.29) is 23.5 Å². The maximum Gasteiger partial charge on any atom is 0.244 e. The van der Waals surface area contributed by atoms with Crippen LogP contribution in [0.4, 0.5) is 0 Å². The predicted octanol–water partition coefficient (Wildman–Crippen LogP) is -1.84. The Balaban J connectivity index is 2.32. The number of piperazine rings is 1. The van der Waals surface area contributed by atoms with Crippen LogP contribution in [0.1, 0.15) is 12.8 Å². The number of nitrogens with two attached hydrogens (primary N) is 1. The minimum Gasteiger partial charge on any atom is -0.370 e. The van der Waals surface area contributed by atoms with Crippen molar-refractivity contribution in [2.75, 3.05) is 12.3 Å². The lowest BCUT2D eigenvalue weighted by atomic mass is 10.1. The van der Waals surface area contributed by atoms with Crippen molar-refractivity contribution in [3.05, 3.63) is 0 Å². The summed E-state index contributed by atoms with van der Waals surface area (Å²) in [7, 11) is 0. The highest BCUT2D eigenvalue weighted by atomic mass is 32.1. The third-order valence-electron chi connectivity index (χ3n) is 2.43. The quantitative estimate of drug-likeness (QED) is 0.150. The van der Waals surface area contributed by atoms with E-state index >= 15 is 0 Å². The number of guanidine groups is 1. The number of nitrogens with one attached hydrogen (secondary N) is 4. The normalized spacial score (nSPS) is 23.8. The molecule has 0 aromatic carbocycles. The first-order chi connectivity index (χ1) is 8.04. The second-order valence-corrected chi connectivity index (χ2v) is 4.15. The van der Waals surface area contributed by atoms with Crippen LogP contribution in [0.5, 0.6) is 0 Å². The lowest BCUT2D eigenvalue weighted by Crippen LogP contribution is -2.62. The number of thiol groups is 1. The van der Waals surface area contributed by atoms with E-state index in [9.17, 15) is 9.59 Å². The first-order valence-corrected chi connectivity index (χ1v) is 5.97. The topological polar surface area (TPSA) is 120 Å². The fourth-order valence-electron chi connectivity index (χ4n) is 1.54. The van der Waals surface area contributed by atoms with Gasteiger partial charge in [-0.3, -0.25) is 15.0 Å². The molecular formula is C9H17N5O2S. The number of rotatable bonds is 5. The molecule has 1 rings (SSSR count). The standard InChI is InChI=1S/C9H17N5O2S/c10-9(11)12-3-1-2-5-7(15)14-6(4-17)8(16)13-5/h5-6,17H,1-4H2,(H,13,16)(H,14,15)(H4,10,11,12)/t5?,6-/m0/s1. The molecule has 17 heavy (non-hydrogen) atoms. The third-order valence-corrected chi connectivity index (χ3v) is 2.80. The number of hydrogen-bond donors (Lipinski definition) is 6. The van der Waals surface area contributed by atoms with Crippen LogP contribution in [0.25, 0.3) is 0 Å². The van der Waals surface area contributed by atoms with Crippen molar-refractivity contribution >= 4 is 30.4 Å². The smallest absolute Gasteiger partial charge is 0.244 e. The number of amides is 2. The molecule has 8 heteroatoms. The molecular weight excluding hydrogens is 242 g/mol. The van der Waals surface area contributed by atoms with Crippen LogP contribution in [-0.4, -0.2) is 42.2 Å². The first-order valence-electron chi connectivity index (χ1n) is 5.34. The van der Waals surface area contributed by atoms with E-state index in [0.717, 1.165) is 0 Å². The molecule has 6 N–H and O–H groups in total. The van der Waals surface area contributed by atoms with Crippen molar-refractivity contribution in [2.24, 2.45) is 5.73 Å². The molecule has 0 radical (unpaired) electrons. The van der Waals surface area contributed by atoms with E-state index in [4.69, 9.17) is 11.1 Å². The van der Waals surface area contributed by atoms with Gasteiger partial charge in [0, 0.05) is 12.3 Å². The van der Waals surface area contributed by atoms with E-state index in [1.54, 1.807) is 0 Å². The van der Waals surface area contributed by atoms with E-state index in [1.807, 2.05) is 0 Å². The fourth-order valence-corrected chi connectivity index (χ4v) is 1.79. The average molecular weight is 259 g/mol. The third kappa shape index (κ3) is 4.14. The molecule has 0 saturated carbocycles. The molecule has 0 aliphatic carbocycles. The van der Waals surface area contributed by atoms with Crippen molar-refractivity contribution in [1.29, 1.82) is 5.41 Å². The van der Waals surface area contributed by atoms with Gasteiger partial charge in [-0.2, -0.15) is 12.6 Å². The summed E-state index contributed by atoms with van der Waals surface area (Å²) in [5, 5.41) is 14.8. The predicted molar refractivity (Wildman–Crippen MR) is 66.9 cm³/mol. The minimum absolute atomic E-state index is 0.0998. The summed E-state index contributed by atoms with van der Waals surface area (Å²) >= 11 is 3.98. The zero-order valence-corrected chi connectivity index (χ0v) is 10.2. The number of hydrogen-bond acceptors (Lipinski definition) is 4. The molecule has 96 valence electrons. The van der Waals surface area contributed by atoms with Gasteiger partial charge in [-0.25, -0.2) is 0 Å². The van der Waals surface area contributed by atoms with Crippen LogP contribution in [0.3, 0.4) is 0 Å². The molecule has 0 aromatic heterocycles. The zero-order valence-electron chi connectivity index (χ0n) is 9.32. The lowest BCUT2D eigenvalue weighted by molar-refractivity contribution is -0.136. The summed E-state index contributed by atoms with van der Waals surface area (Å²) in [5.41, 5.74) is 5.11. The van der Waals surface area contributed by atoms with Crippen LogP contribution in [-0.2, 0) is 9.59 Å². The van der Waals surface area contributed by atoms with Gasteiger partial charge in [0.05, 0.1) is 0 Å². The first kappa shape index (κ1) is 13.6. The summed E-state index contributed by atoms with van der Waals surface area (Å²) in [5.74, 6) is -0.205. The summed E-state index contributed by atoms with van der Waals surface area (Å²) in [6, 6.07) is -1.05. The summed E-state index contributed by atoms with van der Waals surface area (Å²) in [6.45, 7) is 0.505. The highest BCUT2D eigenvalue weighted by Gasteiger charge is 2.32. The Kier molecular flexibility index (Phi) is 5.08. The maximum atomic E-state index is 11.6.